The van der Waals surface area contributed by atoms with Crippen molar-refractivity contribution >= 4 is 35.4 Å². The predicted octanol–water partition coefficient (Wildman–Crippen LogP) is 6.35. The Morgan fingerprint density at radius 2 is 1.22 bits per heavy atom. The number of aryl methyl sites for hydroxylation is 2. The van der Waals surface area contributed by atoms with E-state index in [1.807, 2.05) is 62.4 Å². The molecule has 0 N–H and O–H groups in total. The third-order valence-electron chi connectivity index (χ3n) is 3.33. The lowest BCUT2D eigenvalue weighted by atomic mass is 10.1. The number of rotatable bonds is 6. The SMILES string of the molecule is Cc1ccc(Cl)c(C=CCOCC=Cc2cc(C)ccc2Cl)c1. The second kappa shape index (κ2) is 8.93. The molecule has 0 spiro atoms. The molecule has 1 nitrogen and oxygen atoms in total. The van der Waals surface area contributed by atoms with E-state index in [0.717, 1.165) is 21.2 Å². The molecule has 23 heavy (non-hydrogen) atoms. The van der Waals surface area contributed by atoms with E-state index in [1.54, 1.807) is 0 Å². The Morgan fingerprint density at radius 3 is 1.65 bits per heavy atom. The summed E-state index contributed by atoms with van der Waals surface area (Å²) in [5.74, 6) is 0. The van der Waals surface area contributed by atoms with Gasteiger partial charge in [0.15, 0.2) is 0 Å². The van der Waals surface area contributed by atoms with Crippen LogP contribution in [0.4, 0.5) is 0 Å². The quantitative estimate of drug-likeness (QED) is 0.553. The largest absolute Gasteiger partial charge is 0.373 e. The van der Waals surface area contributed by atoms with Crippen LogP contribution in [0.5, 0.6) is 0 Å². The average molecular weight is 347 g/mol. The molecule has 0 bridgehead atoms. The summed E-state index contributed by atoms with van der Waals surface area (Å²) in [6.45, 7) is 5.17. The van der Waals surface area contributed by atoms with Crippen molar-refractivity contribution in [3.8, 4) is 0 Å². The fourth-order valence-corrected chi connectivity index (χ4v) is 2.50. The molecule has 0 atom stereocenters. The fraction of sp³-hybridized carbons (Fsp3) is 0.200. The first-order valence-electron chi connectivity index (χ1n) is 7.49. The molecule has 0 aromatic heterocycles. The predicted molar refractivity (Wildman–Crippen MR) is 101 cm³/mol. The van der Waals surface area contributed by atoms with Crippen molar-refractivity contribution < 1.29 is 4.74 Å². The Bertz CT molecular complexity index is 656. The van der Waals surface area contributed by atoms with Gasteiger partial charge in [0.05, 0.1) is 13.2 Å². The molecule has 3 heteroatoms. The smallest absolute Gasteiger partial charge is 0.0655 e. The topological polar surface area (TPSA) is 9.23 Å². The van der Waals surface area contributed by atoms with Gasteiger partial charge >= 0.3 is 0 Å². The van der Waals surface area contributed by atoms with Crippen LogP contribution in [0.25, 0.3) is 12.2 Å². The lowest BCUT2D eigenvalue weighted by molar-refractivity contribution is 0.195. The van der Waals surface area contributed by atoms with Crippen LogP contribution in [0.3, 0.4) is 0 Å². The number of halogens is 2. The van der Waals surface area contributed by atoms with Crippen LogP contribution in [0.15, 0.2) is 48.6 Å². The van der Waals surface area contributed by atoms with E-state index in [2.05, 4.69) is 12.1 Å². The lowest BCUT2D eigenvalue weighted by Gasteiger charge is -2.01. The molecule has 0 heterocycles. The summed E-state index contributed by atoms with van der Waals surface area (Å²) in [4.78, 5) is 0. The number of hydrogen-bond acceptors (Lipinski definition) is 1. The molecule has 2 aromatic rings. The number of hydrogen-bond donors (Lipinski definition) is 0. The van der Waals surface area contributed by atoms with E-state index < -0.39 is 0 Å². The second-order valence-electron chi connectivity index (χ2n) is 5.39. The van der Waals surface area contributed by atoms with Gasteiger partial charge in [-0.1, -0.05) is 82.9 Å². The van der Waals surface area contributed by atoms with Gasteiger partial charge in [0.1, 0.15) is 0 Å². The maximum Gasteiger partial charge on any atom is 0.0655 e. The summed E-state index contributed by atoms with van der Waals surface area (Å²) in [7, 11) is 0. The molecule has 2 aromatic carbocycles. The summed E-state index contributed by atoms with van der Waals surface area (Å²) in [6.07, 6.45) is 7.90. The van der Waals surface area contributed by atoms with Crippen LogP contribution in [-0.4, -0.2) is 13.2 Å². The second-order valence-corrected chi connectivity index (χ2v) is 6.21. The minimum Gasteiger partial charge on any atom is -0.373 e. The minimum atomic E-state index is 0.538. The van der Waals surface area contributed by atoms with E-state index in [9.17, 15) is 0 Å². The van der Waals surface area contributed by atoms with Gasteiger partial charge in [-0.3, -0.25) is 0 Å². The van der Waals surface area contributed by atoms with Crippen LogP contribution >= 0.6 is 23.2 Å². The van der Waals surface area contributed by atoms with Crippen LogP contribution in [0.2, 0.25) is 10.0 Å². The normalized spacial score (nSPS) is 11.7. The Kier molecular flexibility index (Phi) is 6.91. The van der Waals surface area contributed by atoms with Crippen molar-refractivity contribution in [3.63, 3.8) is 0 Å². The molecule has 0 aliphatic carbocycles. The molecule has 0 saturated carbocycles. The molecule has 0 aliphatic rings. The molecule has 0 radical (unpaired) electrons. The van der Waals surface area contributed by atoms with Gasteiger partial charge in [0.2, 0.25) is 0 Å². The summed E-state index contributed by atoms with van der Waals surface area (Å²) < 4.78 is 5.56. The van der Waals surface area contributed by atoms with Crippen molar-refractivity contribution in [2.24, 2.45) is 0 Å². The fourth-order valence-electron chi connectivity index (χ4n) is 2.14. The standard InChI is InChI=1S/C20H20Cl2O/c1-15-7-9-19(21)17(13-15)5-3-11-23-12-4-6-18-14-16(2)8-10-20(18)22/h3-10,13-14H,11-12H2,1-2H3. The zero-order chi connectivity index (χ0) is 16.7. The van der Waals surface area contributed by atoms with Crippen molar-refractivity contribution in [2.45, 2.75) is 13.8 Å². The minimum absolute atomic E-state index is 0.538. The van der Waals surface area contributed by atoms with Crippen molar-refractivity contribution in [3.05, 3.63) is 80.8 Å². The average Bonchev–Trinajstić information content (AvgIpc) is 2.52. The summed E-state index contributed by atoms with van der Waals surface area (Å²) in [5, 5.41) is 1.50. The lowest BCUT2D eigenvalue weighted by Crippen LogP contribution is -1.90. The molecule has 120 valence electrons. The Balaban J connectivity index is 1.79. The highest BCUT2D eigenvalue weighted by Gasteiger charge is 1.96. The molecular formula is C20H20Cl2O. The van der Waals surface area contributed by atoms with Gasteiger partial charge in [-0.25, -0.2) is 0 Å². The highest BCUT2D eigenvalue weighted by Crippen LogP contribution is 2.19. The first-order chi connectivity index (χ1) is 11.1. The van der Waals surface area contributed by atoms with E-state index in [0.29, 0.717) is 13.2 Å². The van der Waals surface area contributed by atoms with Crippen molar-refractivity contribution in [2.75, 3.05) is 13.2 Å². The van der Waals surface area contributed by atoms with Gasteiger partial charge in [0, 0.05) is 10.0 Å². The highest BCUT2D eigenvalue weighted by atomic mass is 35.5. The van der Waals surface area contributed by atoms with Crippen LogP contribution in [0.1, 0.15) is 22.3 Å². The monoisotopic (exact) mass is 346 g/mol. The first kappa shape index (κ1) is 17.8. The molecule has 0 saturated heterocycles. The molecule has 0 aliphatic heterocycles. The maximum atomic E-state index is 6.14. The Morgan fingerprint density at radius 1 is 0.783 bits per heavy atom. The van der Waals surface area contributed by atoms with E-state index in [-0.39, 0.29) is 0 Å². The summed E-state index contributed by atoms with van der Waals surface area (Å²) >= 11 is 12.3. The first-order valence-corrected chi connectivity index (χ1v) is 8.25. The van der Waals surface area contributed by atoms with Crippen LogP contribution in [-0.2, 0) is 4.74 Å². The molecule has 2 rings (SSSR count). The van der Waals surface area contributed by atoms with Gasteiger partial charge < -0.3 is 4.74 Å². The highest BCUT2D eigenvalue weighted by molar-refractivity contribution is 6.32. The summed E-state index contributed by atoms with van der Waals surface area (Å²) in [5.41, 5.74) is 4.40. The van der Waals surface area contributed by atoms with Crippen LogP contribution < -0.4 is 0 Å². The molecule has 0 unspecified atom stereocenters. The summed E-state index contributed by atoms with van der Waals surface area (Å²) in [6, 6.07) is 11.9. The number of benzene rings is 2. The zero-order valence-corrected chi connectivity index (χ0v) is 14.9. The van der Waals surface area contributed by atoms with E-state index >= 15 is 0 Å². The Hall–Kier alpha value is -1.54. The third-order valence-corrected chi connectivity index (χ3v) is 4.01. The molecular weight excluding hydrogens is 327 g/mol. The molecule has 0 fully saturated rings. The van der Waals surface area contributed by atoms with Gasteiger partial charge in [0.25, 0.3) is 0 Å². The van der Waals surface area contributed by atoms with Crippen molar-refractivity contribution in [1.82, 2.24) is 0 Å². The zero-order valence-electron chi connectivity index (χ0n) is 13.4. The van der Waals surface area contributed by atoms with Gasteiger partial charge in [-0.05, 0) is 37.1 Å². The molecule has 0 amide bonds. The van der Waals surface area contributed by atoms with Crippen LogP contribution in [0, 0.1) is 13.8 Å². The number of ether oxygens (including phenoxy) is 1. The van der Waals surface area contributed by atoms with E-state index in [1.165, 1.54) is 11.1 Å². The van der Waals surface area contributed by atoms with Crippen molar-refractivity contribution in [1.29, 1.82) is 0 Å². The Labute approximate surface area is 148 Å². The van der Waals surface area contributed by atoms with Gasteiger partial charge in [-0.2, -0.15) is 0 Å². The van der Waals surface area contributed by atoms with Gasteiger partial charge in [-0.15, -0.1) is 0 Å². The van der Waals surface area contributed by atoms with E-state index in [4.69, 9.17) is 27.9 Å². The maximum absolute atomic E-state index is 6.14. The third kappa shape index (κ3) is 5.87.